The summed E-state index contributed by atoms with van der Waals surface area (Å²) in [6, 6.07) is 14.1. The first-order chi connectivity index (χ1) is 10.9. The SMILES string of the molecule is CC(C)C.Cc1ccc(S(=O)(=O)c2ccc(C(C)(C)C)cc2)cc1. The Balaban J connectivity index is 0.000000648. The minimum absolute atomic E-state index is 0.0200. The molecule has 0 aliphatic heterocycles. The van der Waals surface area contributed by atoms with Gasteiger partial charge in [-0.15, -0.1) is 0 Å². The second kappa shape index (κ2) is 7.98. The van der Waals surface area contributed by atoms with Crippen molar-refractivity contribution in [2.45, 2.75) is 63.7 Å². The van der Waals surface area contributed by atoms with Gasteiger partial charge in [-0.05, 0) is 48.1 Å². The molecule has 0 saturated heterocycles. The van der Waals surface area contributed by atoms with E-state index in [9.17, 15) is 8.42 Å². The molecule has 0 heterocycles. The number of benzene rings is 2. The van der Waals surface area contributed by atoms with Gasteiger partial charge < -0.3 is 0 Å². The largest absolute Gasteiger partial charge is 0.219 e. The molecule has 0 unspecified atom stereocenters. The van der Waals surface area contributed by atoms with Crippen molar-refractivity contribution in [3.8, 4) is 0 Å². The van der Waals surface area contributed by atoms with Crippen LogP contribution in [-0.2, 0) is 15.3 Å². The van der Waals surface area contributed by atoms with Gasteiger partial charge >= 0.3 is 0 Å². The lowest BCUT2D eigenvalue weighted by Gasteiger charge is -2.19. The number of sulfone groups is 1. The summed E-state index contributed by atoms with van der Waals surface area (Å²) in [6.45, 7) is 14.8. The van der Waals surface area contributed by atoms with Crippen LogP contribution >= 0.6 is 0 Å². The summed E-state index contributed by atoms with van der Waals surface area (Å²) in [5.74, 6) is 0.833. The predicted molar refractivity (Wildman–Crippen MR) is 102 cm³/mol. The highest BCUT2D eigenvalue weighted by Crippen LogP contribution is 2.26. The lowest BCUT2D eigenvalue weighted by atomic mass is 9.87. The van der Waals surface area contributed by atoms with E-state index in [0.717, 1.165) is 17.0 Å². The van der Waals surface area contributed by atoms with Gasteiger partial charge in [0.15, 0.2) is 0 Å². The Morgan fingerprint density at radius 3 is 1.42 bits per heavy atom. The highest BCUT2D eigenvalue weighted by molar-refractivity contribution is 7.91. The number of aryl methyl sites for hydroxylation is 1. The van der Waals surface area contributed by atoms with Crippen molar-refractivity contribution >= 4 is 9.84 Å². The Labute approximate surface area is 147 Å². The van der Waals surface area contributed by atoms with E-state index in [-0.39, 0.29) is 5.41 Å². The Hall–Kier alpha value is -1.61. The fourth-order valence-corrected chi connectivity index (χ4v) is 3.25. The van der Waals surface area contributed by atoms with Crippen molar-refractivity contribution in [3.05, 3.63) is 59.7 Å². The van der Waals surface area contributed by atoms with Crippen molar-refractivity contribution in [2.24, 2.45) is 5.92 Å². The van der Waals surface area contributed by atoms with E-state index in [1.807, 2.05) is 31.2 Å². The maximum Gasteiger partial charge on any atom is 0.206 e. The molecule has 0 bridgehead atoms. The van der Waals surface area contributed by atoms with Gasteiger partial charge in [-0.2, -0.15) is 0 Å². The van der Waals surface area contributed by atoms with E-state index in [4.69, 9.17) is 0 Å². The zero-order valence-electron chi connectivity index (χ0n) is 15.9. The second-order valence-corrected chi connectivity index (χ2v) is 9.77. The maximum absolute atomic E-state index is 12.5. The Kier molecular flexibility index (Phi) is 6.79. The first kappa shape index (κ1) is 20.4. The molecule has 2 aromatic carbocycles. The van der Waals surface area contributed by atoms with E-state index in [1.165, 1.54) is 0 Å². The molecule has 0 saturated carbocycles. The van der Waals surface area contributed by atoms with Crippen molar-refractivity contribution < 1.29 is 8.42 Å². The summed E-state index contributed by atoms with van der Waals surface area (Å²) in [7, 11) is -3.42. The minimum atomic E-state index is -3.42. The zero-order chi connectivity index (χ0) is 18.5. The molecule has 0 atom stereocenters. The van der Waals surface area contributed by atoms with Crippen molar-refractivity contribution in [1.82, 2.24) is 0 Å². The Morgan fingerprint density at radius 1 is 0.750 bits per heavy atom. The molecule has 0 spiro atoms. The van der Waals surface area contributed by atoms with Crippen LogP contribution < -0.4 is 0 Å². The van der Waals surface area contributed by atoms with Gasteiger partial charge in [-0.3, -0.25) is 0 Å². The molecule has 0 fully saturated rings. The maximum atomic E-state index is 12.5. The number of hydrogen-bond acceptors (Lipinski definition) is 2. The van der Waals surface area contributed by atoms with Gasteiger partial charge in [-0.25, -0.2) is 8.42 Å². The molecule has 2 rings (SSSR count). The molecule has 0 amide bonds. The fraction of sp³-hybridized carbons (Fsp3) is 0.429. The summed E-state index contributed by atoms with van der Waals surface area (Å²) >= 11 is 0. The van der Waals surface area contributed by atoms with Crippen LogP contribution in [-0.4, -0.2) is 8.42 Å². The quantitative estimate of drug-likeness (QED) is 0.690. The summed E-state index contributed by atoms with van der Waals surface area (Å²) in [6.07, 6.45) is 0. The molecule has 0 radical (unpaired) electrons. The molecule has 0 aliphatic rings. The summed E-state index contributed by atoms with van der Waals surface area (Å²) in [5, 5.41) is 0. The summed E-state index contributed by atoms with van der Waals surface area (Å²) in [4.78, 5) is 0.681. The van der Waals surface area contributed by atoms with Crippen LogP contribution in [0.25, 0.3) is 0 Å². The smallest absolute Gasteiger partial charge is 0.206 e. The van der Waals surface area contributed by atoms with Crippen LogP contribution in [0.1, 0.15) is 52.7 Å². The van der Waals surface area contributed by atoms with Crippen molar-refractivity contribution in [3.63, 3.8) is 0 Å². The third-order valence-corrected chi connectivity index (χ3v) is 5.15. The first-order valence-corrected chi connectivity index (χ1v) is 9.85. The van der Waals surface area contributed by atoms with E-state index in [1.54, 1.807) is 24.3 Å². The van der Waals surface area contributed by atoms with Crippen LogP contribution in [0.2, 0.25) is 0 Å². The molecule has 0 aromatic heterocycles. The Morgan fingerprint density at radius 2 is 1.08 bits per heavy atom. The predicted octanol–water partition coefficient (Wildman–Crippen LogP) is 5.79. The molecule has 2 nitrogen and oxygen atoms in total. The second-order valence-electron chi connectivity index (χ2n) is 7.82. The lowest BCUT2D eigenvalue weighted by molar-refractivity contribution is 0.586. The topological polar surface area (TPSA) is 34.1 Å². The van der Waals surface area contributed by atoms with Gasteiger partial charge in [0.25, 0.3) is 0 Å². The standard InChI is InChI=1S/C17H20O2S.C4H10/c1-13-5-9-15(10-6-13)20(18,19)16-11-7-14(8-12-16)17(2,3)4;1-4(2)3/h5-12H,1-4H3;4H,1-3H3. The molecule has 24 heavy (non-hydrogen) atoms. The highest BCUT2D eigenvalue weighted by atomic mass is 32.2. The molecular weight excluding hydrogens is 316 g/mol. The molecule has 3 heteroatoms. The van der Waals surface area contributed by atoms with Crippen LogP contribution in [0.5, 0.6) is 0 Å². The van der Waals surface area contributed by atoms with E-state index in [0.29, 0.717) is 9.79 Å². The molecular formula is C21H30O2S. The van der Waals surface area contributed by atoms with Gasteiger partial charge in [-0.1, -0.05) is 71.4 Å². The van der Waals surface area contributed by atoms with Crippen LogP contribution in [0.3, 0.4) is 0 Å². The fourth-order valence-electron chi connectivity index (χ4n) is 1.99. The van der Waals surface area contributed by atoms with Crippen LogP contribution in [0.4, 0.5) is 0 Å². The Bertz CT molecular complexity index is 729. The first-order valence-electron chi connectivity index (χ1n) is 8.37. The normalized spacial score (nSPS) is 11.8. The molecule has 0 N–H and O–H groups in total. The van der Waals surface area contributed by atoms with E-state index in [2.05, 4.69) is 41.5 Å². The average molecular weight is 347 g/mol. The number of hydrogen-bond donors (Lipinski definition) is 0. The van der Waals surface area contributed by atoms with Crippen LogP contribution in [0.15, 0.2) is 58.3 Å². The third-order valence-electron chi connectivity index (χ3n) is 3.36. The average Bonchev–Trinajstić information content (AvgIpc) is 2.46. The van der Waals surface area contributed by atoms with Gasteiger partial charge in [0, 0.05) is 0 Å². The monoisotopic (exact) mass is 346 g/mol. The third kappa shape index (κ3) is 5.79. The van der Waals surface area contributed by atoms with E-state index < -0.39 is 9.84 Å². The lowest BCUT2D eigenvalue weighted by Crippen LogP contribution is -2.11. The van der Waals surface area contributed by atoms with Gasteiger partial charge in [0.2, 0.25) is 9.84 Å². The molecule has 0 aliphatic carbocycles. The van der Waals surface area contributed by atoms with Gasteiger partial charge in [0.05, 0.1) is 9.79 Å². The molecule has 2 aromatic rings. The van der Waals surface area contributed by atoms with Gasteiger partial charge in [0.1, 0.15) is 0 Å². The van der Waals surface area contributed by atoms with E-state index >= 15 is 0 Å². The van der Waals surface area contributed by atoms with Crippen LogP contribution in [0, 0.1) is 12.8 Å². The number of rotatable bonds is 2. The van der Waals surface area contributed by atoms with Crippen molar-refractivity contribution in [2.75, 3.05) is 0 Å². The summed E-state index contributed by atoms with van der Waals surface area (Å²) in [5.41, 5.74) is 2.19. The zero-order valence-corrected chi connectivity index (χ0v) is 16.7. The molecule has 132 valence electrons. The highest BCUT2D eigenvalue weighted by Gasteiger charge is 2.19. The van der Waals surface area contributed by atoms with Crippen molar-refractivity contribution in [1.29, 1.82) is 0 Å². The minimum Gasteiger partial charge on any atom is -0.219 e. The summed E-state index contributed by atoms with van der Waals surface area (Å²) < 4.78 is 25.0.